The molecule has 3 heterocycles. The van der Waals surface area contributed by atoms with Gasteiger partial charge in [0.2, 0.25) is 0 Å². The molecule has 6 heteroatoms. The number of Topliss-reactive ketones (excluding diaryl/α,β-unsaturated/α-hetero) is 1. The van der Waals surface area contributed by atoms with Gasteiger partial charge < -0.3 is 19.3 Å². The van der Waals surface area contributed by atoms with Crippen molar-refractivity contribution < 1.29 is 28.9 Å². The van der Waals surface area contributed by atoms with E-state index in [1.807, 2.05) is 12.2 Å². The molecule has 3 fully saturated rings. The molecular formula is C36H50O6. The molecule has 2 bridgehead atoms. The van der Waals surface area contributed by atoms with Gasteiger partial charge in [-0.2, -0.15) is 0 Å². The molecule has 0 aromatic heterocycles. The maximum absolute atomic E-state index is 13.8. The first-order valence-electron chi connectivity index (χ1n) is 16.3. The van der Waals surface area contributed by atoms with E-state index in [1.165, 1.54) is 24.8 Å². The number of ether oxygens (including phenoxy) is 3. The highest BCUT2D eigenvalue weighted by molar-refractivity contribution is 6.01. The van der Waals surface area contributed by atoms with Crippen LogP contribution in [-0.4, -0.2) is 54.0 Å². The van der Waals surface area contributed by atoms with Gasteiger partial charge in [0.05, 0.1) is 30.8 Å². The number of ketones is 1. The third-order valence-electron chi connectivity index (χ3n) is 10.0. The van der Waals surface area contributed by atoms with Gasteiger partial charge in [0.1, 0.15) is 12.2 Å². The molecule has 3 aliphatic heterocycles. The molecule has 0 amide bonds. The molecule has 1 N–H and O–H groups in total. The highest BCUT2D eigenvalue weighted by Crippen LogP contribution is 2.41. The summed E-state index contributed by atoms with van der Waals surface area (Å²) in [4.78, 5) is 26.7. The maximum Gasteiger partial charge on any atom is 0.313 e. The van der Waals surface area contributed by atoms with Crippen LogP contribution in [0.15, 0.2) is 59.3 Å². The second kappa shape index (κ2) is 14.0. The first kappa shape index (κ1) is 31.2. The number of fused-ring (bicyclic) bond motifs is 2. The van der Waals surface area contributed by atoms with Gasteiger partial charge in [-0.1, -0.05) is 81.2 Å². The lowest BCUT2D eigenvalue weighted by molar-refractivity contribution is -0.164. The van der Waals surface area contributed by atoms with Gasteiger partial charge in [-0.05, 0) is 62.5 Å². The molecule has 5 rings (SSSR count). The lowest BCUT2D eigenvalue weighted by Crippen LogP contribution is -2.43. The Kier molecular flexibility index (Phi) is 10.4. The van der Waals surface area contributed by atoms with E-state index >= 15 is 0 Å². The van der Waals surface area contributed by atoms with E-state index in [9.17, 15) is 14.7 Å². The van der Waals surface area contributed by atoms with E-state index < -0.39 is 12.0 Å². The molecule has 42 heavy (non-hydrogen) atoms. The van der Waals surface area contributed by atoms with Gasteiger partial charge in [-0.25, -0.2) is 0 Å². The molecular weight excluding hydrogens is 528 g/mol. The lowest BCUT2D eigenvalue weighted by Gasteiger charge is -2.36. The van der Waals surface area contributed by atoms with Gasteiger partial charge >= 0.3 is 5.97 Å². The number of allylic oxidation sites excluding steroid dienone is 4. The molecule has 1 saturated carbocycles. The van der Waals surface area contributed by atoms with E-state index in [2.05, 4.69) is 45.1 Å². The number of rotatable bonds is 4. The standard InChI is InChI=1S/C36H50O6/c1-22-9-8-12-27-21-40-35-32(27)31(18-25(4)34(35)38)36(39)42-30-19-28(15-13-23(2)17-22)41-29(20-30)16-14-24(3)33(37)26-10-6-5-7-11-26/h8-9,12-14,16,18,22,24,26,28-33,35,37H,5-7,10-11,15,17,19-21H2,1-4H3/b9-8+,16-14-,23-13+,27-12+/t22-,24-,28?,29-,30?,31?,32?,33-,35?/m0/s1. The number of carbonyl (C=O) groups excluding carboxylic acids is 2. The van der Waals surface area contributed by atoms with Crippen molar-refractivity contribution in [2.75, 3.05) is 6.61 Å². The van der Waals surface area contributed by atoms with Gasteiger partial charge in [0, 0.05) is 24.7 Å². The van der Waals surface area contributed by atoms with Crippen LogP contribution in [0.5, 0.6) is 0 Å². The van der Waals surface area contributed by atoms with Crippen LogP contribution in [0.3, 0.4) is 0 Å². The molecule has 9 atom stereocenters. The summed E-state index contributed by atoms with van der Waals surface area (Å²) in [5.74, 6) is -0.462. The number of aliphatic hydroxyl groups excluding tert-OH is 1. The summed E-state index contributed by atoms with van der Waals surface area (Å²) in [6.45, 7) is 8.57. The highest BCUT2D eigenvalue weighted by Gasteiger charge is 2.48. The molecule has 0 aromatic rings. The molecule has 0 spiro atoms. The van der Waals surface area contributed by atoms with Gasteiger partial charge in [-0.3, -0.25) is 9.59 Å². The van der Waals surface area contributed by atoms with Crippen LogP contribution in [0.1, 0.15) is 85.5 Å². The molecule has 0 radical (unpaired) electrons. The summed E-state index contributed by atoms with van der Waals surface area (Å²) in [5.41, 5.74) is 2.85. The van der Waals surface area contributed by atoms with Crippen molar-refractivity contribution in [2.24, 2.45) is 29.6 Å². The van der Waals surface area contributed by atoms with Crippen molar-refractivity contribution in [3.63, 3.8) is 0 Å². The summed E-state index contributed by atoms with van der Waals surface area (Å²) in [6.07, 6.45) is 21.8. The normalized spacial score (nSPS) is 39.7. The summed E-state index contributed by atoms with van der Waals surface area (Å²) in [5, 5.41) is 11.0. The maximum atomic E-state index is 13.8. The van der Waals surface area contributed by atoms with Crippen LogP contribution in [0.25, 0.3) is 0 Å². The van der Waals surface area contributed by atoms with Crippen molar-refractivity contribution in [1.29, 1.82) is 0 Å². The number of hydrogen-bond donors (Lipinski definition) is 1. The Bertz CT molecular complexity index is 1140. The summed E-state index contributed by atoms with van der Waals surface area (Å²) in [7, 11) is 0. The van der Waals surface area contributed by atoms with Crippen LogP contribution >= 0.6 is 0 Å². The minimum absolute atomic E-state index is 0.0395. The third-order valence-corrected chi connectivity index (χ3v) is 10.0. The fraction of sp³-hybridized carbons (Fsp3) is 0.667. The average molecular weight is 579 g/mol. The van der Waals surface area contributed by atoms with E-state index in [4.69, 9.17) is 14.2 Å². The highest BCUT2D eigenvalue weighted by atomic mass is 16.6. The summed E-state index contributed by atoms with van der Waals surface area (Å²) < 4.78 is 18.7. The van der Waals surface area contributed by atoms with E-state index in [0.717, 1.165) is 31.3 Å². The first-order valence-corrected chi connectivity index (χ1v) is 16.3. The van der Waals surface area contributed by atoms with Crippen LogP contribution in [0, 0.1) is 29.6 Å². The smallest absolute Gasteiger partial charge is 0.313 e. The van der Waals surface area contributed by atoms with Crippen molar-refractivity contribution in [3.05, 3.63) is 59.3 Å². The van der Waals surface area contributed by atoms with Crippen LogP contribution in [-0.2, 0) is 23.8 Å². The lowest BCUT2D eigenvalue weighted by atomic mass is 9.75. The molecule has 230 valence electrons. The quantitative estimate of drug-likeness (QED) is 0.299. The second-order valence-electron chi connectivity index (χ2n) is 13.6. The minimum Gasteiger partial charge on any atom is -0.462 e. The predicted octanol–water partition coefficient (Wildman–Crippen LogP) is 6.60. The van der Waals surface area contributed by atoms with E-state index in [1.54, 1.807) is 13.0 Å². The van der Waals surface area contributed by atoms with Crippen molar-refractivity contribution in [3.8, 4) is 0 Å². The average Bonchev–Trinajstić information content (AvgIpc) is 3.40. The summed E-state index contributed by atoms with van der Waals surface area (Å²) >= 11 is 0. The number of hydrogen-bond acceptors (Lipinski definition) is 6. The topological polar surface area (TPSA) is 82.1 Å². The SMILES string of the molecule is CC1=CC2C(=O)OC3CC(C/C=C(\C)C[C@@H](C)/C=C/C=C4\COC(C1=O)C42)O[C@@H](/C=C\[C@H](C)[C@H](O)C1CCCCC1)C3. The Balaban J connectivity index is 1.37. The molecule has 0 aromatic carbocycles. The molecule has 5 aliphatic rings. The van der Waals surface area contributed by atoms with Gasteiger partial charge in [0.15, 0.2) is 5.78 Å². The largest absolute Gasteiger partial charge is 0.462 e. The van der Waals surface area contributed by atoms with Gasteiger partial charge in [0.25, 0.3) is 0 Å². The number of esters is 1. The number of carbonyl (C=O) groups is 2. The Hall–Kier alpha value is -2.28. The zero-order valence-electron chi connectivity index (χ0n) is 25.9. The molecule has 5 unspecified atom stereocenters. The second-order valence-corrected chi connectivity index (χ2v) is 13.6. The first-order chi connectivity index (χ1) is 20.2. The molecule has 6 nitrogen and oxygen atoms in total. The van der Waals surface area contributed by atoms with Crippen molar-refractivity contribution in [2.45, 2.75) is 116 Å². The Morgan fingerprint density at radius 3 is 2.64 bits per heavy atom. The fourth-order valence-electron chi connectivity index (χ4n) is 7.59. The monoisotopic (exact) mass is 578 g/mol. The van der Waals surface area contributed by atoms with Crippen LogP contribution < -0.4 is 0 Å². The molecule has 2 aliphatic carbocycles. The van der Waals surface area contributed by atoms with E-state index in [-0.39, 0.29) is 48.0 Å². The Morgan fingerprint density at radius 2 is 1.86 bits per heavy atom. The zero-order valence-corrected chi connectivity index (χ0v) is 25.9. The van der Waals surface area contributed by atoms with Crippen LogP contribution in [0.4, 0.5) is 0 Å². The number of aliphatic hydroxyl groups is 1. The predicted molar refractivity (Wildman–Crippen MR) is 164 cm³/mol. The van der Waals surface area contributed by atoms with Crippen molar-refractivity contribution in [1.82, 2.24) is 0 Å². The zero-order chi connectivity index (χ0) is 29.8. The van der Waals surface area contributed by atoms with Crippen molar-refractivity contribution >= 4 is 11.8 Å². The molecule has 2 saturated heterocycles. The Labute approximate surface area is 251 Å². The van der Waals surface area contributed by atoms with E-state index in [0.29, 0.717) is 36.9 Å². The fourth-order valence-corrected chi connectivity index (χ4v) is 7.59. The van der Waals surface area contributed by atoms with Crippen LogP contribution in [0.2, 0.25) is 0 Å². The third kappa shape index (κ3) is 7.43. The van der Waals surface area contributed by atoms with Gasteiger partial charge in [-0.15, -0.1) is 0 Å². The summed E-state index contributed by atoms with van der Waals surface area (Å²) in [6, 6.07) is 0. The Morgan fingerprint density at radius 1 is 1.07 bits per heavy atom. The minimum atomic E-state index is -0.635.